The van der Waals surface area contributed by atoms with Crippen molar-refractivity contribution in [1.29, 1.82) is 5.41 Å². The molecule has 0 bridgehead atoms. The molecule has 28 heavy (non-hydrogen) atoms. The van der Waals surface area contributed by atoms with Crippen LogP contribution in [0.4, 0.5) is 17.6 Å². The average Bonchev–Trinajstić information content (AvgIpc) is 3.21. The number of aromatic nitrogens is 3. The molecule has 4 rings (SSSR count). The normalized spacial score (nSPS) is 11.9. The van der Waals surface area contributed by atoms with E-state index in [-0.39, 0.29) is 22.0 Å². The number of nitrogens with zero attached hydrogens (tertiary/aromatic N) is 2. The van der Waals surface area contributed by atoms with Crippen molar-refractivity contribution in [3.8, 4) is 16.4 Å². The SMILES string of the molecule is N=Cc1c(-c2cccc(C(F)(F)F)c2)[nH]n(-c2nc3ccc(F)cc3s2)c1=O. The molecule has 142 valence electrons. The smallest absolute Gasteiger partial charge is 0.308 e. The highest BCUT2D eigenvalue weighted by atomic mass is 32.1. The van der Waals surface area contributed by atoms with Crippen LogP contribution in [-0.4, -0.2) is 21.0 Å². The summed E-state index contributed by atoms with van der Waals surface area (Å²) in [7, 11) is 0. The molecule has 0 atom stereocenters. The molecule has 0 amide bonds. The van der Waals surface area contributed by atoms with Crippen LogP contribution in [0.25, 0.3) is 26.6 Å². The quantitative estimate of drug-likeness (QED) is 0.386. The maximum atomic E-state index is 13.4. The number of halogens is 4. The highest BCUT2D eigenvalue weighted by molar-refractivity contribution is 7.20. The third kappa shape index (κ3) is 3.01. The Hall–Kier alpha value is -3.27. The lowest BCUT2D eigenvalue weighted by atomic mass is 10.1. The van der Waals surface area contributed by atoms with Crippen molar-refractivity contribution < 1.29 is 17.6 Å². The number of hydrogen-bond acceptors (Lipinski definition) is 4. The number of thiazole rings is 1. The number of fused-ring (bicyclic) bond motifs is 1. The minimum absolute atomic E-state index is 0.0662. The van der Waals surface area contributed by atoms with E-state index in [9.17, 15) is 22.4 Å². The minimum Gasteiger partial charge on any atom is -0.308 e. The maximum Gasteiger partial charge on any atom is 0.416 e. The second kappa shape index (κ2) is 6.41. The first kappa shape index (κ1) is 18.1. The number of alkyl halides is 3. The van der Waals surface area contributed by atoms with Crippen LogP contribution in [-0.2, 0) is 6.18 Å². The summed E-state index contributed by atoms with van der Waals surface area (Å²) in [5, 5.41) is 10.4. The third-order valence-corrected chi connectivity index (χ3v) is 5.08. The molecular formula is C18H10F4N4OS. The fraction of sp³-hybridized carbons (Fsp3) is 0.0556. The predicted molar refractivity (Wildman–Crippen MR) is 97.8 cm³/mol. The second-order valence-corrected chi connectivity index (χ2v) is 6.88. The van der Waals surface area contributed by atoms with Gasteiger partial charge in [-0.15, -0.1) is 0 Å². The molecule has 0 saturated carbocycles. The largest absolute Gasteiger partial charge is 0.416 e. The molecule has 2 aromatic carbocycles. The molecular weight excluding hydrogens is 396 g/mol. The molecule has 0 unspecified atom stereocenters. The Balaban J connectivity index is 1.89. The van der Waals surface area contributed by atoms with E-state index in [1.807, 2.05) is 0 Å². The fourth-order valence-electron chi connectivity index (χ4n) is 2.77. The van der Waals surface area contributed by atoms with Crippen LogP contribution < -0.4 is 5.56 Å². The summed E-state index contributed by atoms with van der Waals surface area (Å²) >= 11 is 1.04. The Morgan fingerprint density at radius 3 is 2.68 bits per heavy atom. The number of benzene rings is 2. The van der Waals surface area contributed by atoms with Gasteiger partial charge in [-0.2, -0.15) is 17.9 Å². The van der Waals surface area contributed by atoms with E-state index in [0.717, 1.165) is 34.4 Å². The summed E-state index contributed by atoms with van der Waals surface area (Å²) in [6, 6.07) is 8.43. The van der Waals surface area contributed by atoms with Crippen LogP contribution in [0.2, 0.25) is 0 Å². The van der Waals surface area contributed by atoms with Gasteiger partial charge in [-0.1, -0.05) is 23.5 Å². The number of rotatable bonds is 3. The summed E-state index contributed by atoms with van der Waals surface area (Å²) in [5.74, 6) is -0.452. The molecule has 0 aliphatic carbocycles. The van der Waals surface area contributed by atoms with E-state index in [1.165, 1.54) is 30.3 Å². The standard InChI is InChI=1S/C18H10F4N4OS/c19-11-4-5-13-14(7-11)28-17(24-13)26-16(27)12(8-23)15(25-26)9-2-1-3-10(6-9)18(20,21)22/h1-8,23,25H. The van der Waals surface area contributed by atoms with E-state index in [1.54, 1.807) is 0 Å². The first-order valence-corrected chi connectivity index (χ1v) is 8.69. The Morgan fingerprint density at radius 2 is 1.96 bits per heavy atom. The van der Waals surface area contributed by atoms with E-state index in [0.29, 0.717) is 10.2 Å². The fourth-order valence-corrected chi connectivity index (χ4v) is 3.72. The van der Waals surface area contributed by atoms with Crippen LogP contribution in [0.5, 0.6) is 0 Å². The van der Waals surface area contributed by atoms with Gasteiger partial charge in [-0.05, 0) is 30.3 Å². The zero-order chi connectivity index (χ0) is 20.1. The van der Waals surface area contributed by atoms with Gasteiger partial charge in [0.15, 0.2) is 0 Å². The lowest BCUT2D eigenvalue weighted by molar-refractivity contribution is -0.137. The van der Waals surface area contributed by atoms with Gasteiger partial charge in [0.05, 0.1) is 27.0 Å². The van der Waals surface area contributed by atoms with E-state index in [4.69, 9.17) is 5.41 Å². The third-order valence-electron chi connectivity index (χ3n) is 4.08. The molecule has 4 aromatic rings. The lowest BCUT2D eigenvalue weighted by Gasteiger charge is -2.08. The van der Waals surface area contributed by atoms with Crippen LogP contribution >= 0.6 is 11.3 Å². The zero-order valence-electron chi connectivity index (χ0n) is 13.8. The van der Waals surface area contributed by atoms with Gasteiger partial charge < -0.3 is 5.41 Å². The van der Waals surface area contributed by atoms with Gasteiger partial charge in [0.25, 0.3) is 5.56 Å². The molecule has 0 fully saturated rings. The first-order chi connectivity index (χ1) is 13.3. The molecule has 2 aromatic heterocycles. The Bertz CT molecular complexity index is 1270. The lowest BCUT2D eigenvalue weighted by Crippen LogP contribution is -2.16. The summed E-state index contributed by atoms with van der Waals surface area (Å²) in [6.45, 7) is 0. The minimum atomic E-state index is -4.54. The van der Waals surface area contributed by atoms with Crippen molar-refractivity contribution >= 4 is 27.8 Å². The summed E-state index contributed by atoms with van der Waals surface area (Å²) < 4.78 is 54.0. The highest BCUT2D eigenvalue weighted by Gasteiger charge is 2.31. The van der Waals surface area contributed by atoms with E-state index in [2.05, 4.69) is 10.1 Å². The summed E-state index contributed by atoms with van der Waals surface area (Å²) in [6.07, 6.45) is -3.77. The number of hydrogen-bond donors (Lipinski definition) is 2. The molecule has 0 aliphatic heterocycles. The Labute approximate surface area is 158 Å². The van der Waals surface area contributed by atoms with Crippen molar-refractivity contribution in [3.05, 3.63) is 69.8 Å². The van der Waals surface area contributed by atoms with Gasteiger partial charge in [0.2, 0.25) is 5.13 Å². The van der Waals surface area contributed by atoms with Crippen LogP contribution in [0.1, 0.15) is 11.1 Å². The first-order valence-electron chi connectivity index (χ1n) is 7.87. The summed E-state index contributed by atoms with van der Waals surface area (Å²) in [5.41, 5.74) is -0.968. The van der Waals surface area contributed by atoms with Crippen molar-refractivity contribution in [2.24, 2.45) is 0 Å². The van der Waals surface area contributed by atoms with E-state index >= 15 is 0 Å². The van der Waals surface area contributed by atoms with Gasteiger partial charge >= 0.3 is 6.18 Å². The molecule has 5 nitrogen and oxygen atoms in total. The molecule has 0 radical (unpaired) electrons. The van der Waals surface area contributed by atoms with Crippen molar-refractivity contribution in [2.45, 2.75) is 6.18 Å². The van der Waals surface area contributed by atoms with Crippen molar-refractivity contribution in [3.63, 3.8) is 0 Å². The van der Waals surface area contributed by atoms with Gasteiger partial charge in [0, 0.05) is 11.8 Å². The monoisotopic (exact) mass is 406 g/mol. The van der Waals surface area contributed by atoms with Gasteiger partial charge in [-0.25, -0.2) is 9.37 Å². The Kier molecular flexibility index (Phi) is 4.15. The second-order valence-electron chi connectivity index (χ2n) is 5.87. The number of aromatic amines is 1. The maximum absolute atomic E-state index is 13.4. The van der Waals surface area contributed by atoms with E-state index < -0.39 is 23.1 Å². The molecule has 0 spiro atoms. The molecule has 2 heterocycles. The number of nitrogens with one attached hydrogen (secondary N) is 2. The Morgan fingerprint density at radius 1 is 1.18 bits per heavy atom. The van der Waals surface area contributed by atoms with Crippen LogP contribution in [0, 0.1) is 11.2 Å². The molecule has 10 heteroatoms. The number of H-pyrrole nitrogens is 1. The topological polar surface area (TPSA) is 74.5 Å². The molecule has 0 saturated heterocycles. The van der Waals surface area contributed by atoms with Gasteiger partial charge in [-0.3, -0.25) is 9.89 Å². The average molecular weight is 406 g/mol. The molecule has 2 N–H and O–H groups in total. The van der Waals surface area contributed by atoms with Crippen molar-refractivity contribution in [2.75, 3.05) is 0 Å². The predicted octanol–water partition coefficient (Wildman–Crippen LogP) is 4.60. The molecule has 0 aliphatic rings. The van der Waals surface area contributed by atoms with Gasteiger partial charge in [0.1, 0.15) is 5.82 Å². The van der Waals surface area contributed by atoms with Crippen LogP contribution in [0.3, 0.4) is 0 Å². The summed E-state index contributed by atoms with van der Waals surface area (Å²) in [4.78, 5) is 16.9. The van der Waals surface area contributed by atoms with Crippen molar-refractivity contribution in [1.82, 2.24) is 14.8 Å². The zero-order valence-corrected chi connectivity index (χ0v) is 14.7. The highest BCUT2D eigenvalue weighted by Crippen LogP contribution is 2.32. The van der Waals surface area contributed by atoms with Crippen LogP contribution in [0.15, 0.2) is 47.3 Å².